The second-order valence-corrected chi connectivity index (χ2v) is 20.1. The van der Waals surface area contributed by atoms with Gasteiger partial charge in [0, 0.05) is 67.4 Å². The van der Waals surface area contributed by atoms with E-state index in [2.05, 4.69) is 199 Å². The van der Waals surface area contributed by atoms with Crippen molar-refractivity contribution in [3.63, 3.8) is 0 Å². The molecule has 11 rings (SSSR count). The summed E-state index contributed by atoms with van der Waals surface area (Å²) < 4.78 is 4.87. The second-order valence-electron chi connectivity index (χ2n) is 20.1. The number of hydrogen-bond acceptors (Lipinski definition) is 3. The topological polar surface area (TPSA) is 38.9 Å². The molecule has 5 nitrogen and oxygen atoms in total. The molecule has 2 aliphatic rings. The molecule has 0 saturated heterocycles. The molecule has 0 fully saturated rings. The predicted octanol–water partition coefficient (Wildman–Crippen LogP) is 14.0. The van der Waals surface area contributed by atoms with Crippen LogP contribution in [0.25, 0.3) is 55.2 Å². The smallest absolute Gasteiger partial charge is 0.145 e. The van der Waals surface area contributed by atoms with Gasteiger partial charge in [0.25, 0.3) is 0 Å². The molecule has 6 heterocycles. The Balaban J connectivity index is 1.19. The fourth-order valence-corrected chi connectivity index (χ4v) is 10.3. The molecule has 4 aromatic heterocycles. The van der Waals surface area contributed by atoms with Crippen molar-refractivity contribution in [3.8, 4) is 11.5 Å². The third-order valence-electron chi connectivity index (χ3n) is 13.6. The zero-order chi connectivity index (χ0) is 41.0. The second kappa shape index (κ2) is 11.7. The van der Waals surface area contributed by atoms with Crippen LogP contribution < -0.4 is 4.90 Å². The van der Waals surface area contributed by atoms with Gasteiger partial charge in [-0.05, 0) is 105 Å². The van der Waals surface area contributed by atoms with Crippen LogP contribution in [0.5, 0.6) is 0 Å². The lowest BCUT2D eigenvalue weighted by molar-refractivity contribution is 0.581. The van der Waals surface area contributed by atoms with E-state index in [-0.39, 0.29) is 21.7 Å². The molecule has 0 amide bonds. The number of nitrogens with zero attached hydrogens (tertiary/aromatic N) is 5. The van der Waals surface area contributed by atoms with E-state index in [1.807, 2.05) is 12.4 Å². The number of anilines is 3. The Hall–Kier alpha value is -6.20. The molecule has 0 spiro atoms. The highest BCUT2D eigenvalue weighted by Crippen LogP contribution is 2.52. The Kier molecular flexibility index (Phi) is 7.14. The first-order valence-electron chi connectivity index (χ1n) is 21.1. The zero-order valence-electron chi connectivity index (χ0n) is 35.9. The van der Waals surface area contributed by atoms with E-state index in [9.17, 15) is 0 Å². The fourth-order valence-electron chi connectivity index (χ4n) is 10.3. The number of benzene rings is 5. The summed E-state index contributed by atoms with van der Waals surface area (Å²) in [5, 5.41) is 4.98. The fraction of sp³-hybridized carbons (Fsp3) is 0.259. The number of hydrogen-bond donors (Lipinski definition) is 0. The van der Waals surface area contributed by atoms with Crippen LogP contribution in [0.3, 0.4) is 0 Å². The Labute approximate surface area is 347 Å². The molecular weight excluding hydrogens is 719 g/mol. The van der Waals surface area contributed by atoms with Crippen molar-refractivity contribution in [2.24, 2.45) is 0 Å². The van der Waals surface area contributed by atoms with Crippen molar-refractivity contribution >= 4 is 60.8 Å². The Morgan fingerprint density at radius 3 is 1.76 bits per heavy atom. The molecule has 5 aromatic carbocycles. The van der Waals surface area contributed by atoms with E-state index in [0.717, 1.165) is 34.0 Å². The van der Waals surface area contributed by atoms with Crippen molar-refractivity contribution < 1.29 is 0 Å². The van der Waals surface area contributed by atoms with Crippen LogP contribution in [0.4, 0.5) is 17.1 Å². The minimum atomic E-state index is -0.235. The summed E-state index contributed by atoms with van der Waals surface area (Å²) in [7, 11) is 0. The van der Waals surface area contributed by atoms with Gasteiger partial charge in [0.05, 0.1) is 22.2 Å². The molecule has 9 aromatic rings. The maximum absolute atomic E-state index is 5.10. The quantitative estimate of drug-likeness (QED) is 0.180. The van der Waals surface area contributed by atoms with Crippen LogP contribution in [-0.4, -0.2) is 19.1 Å². The molecule has 0 saturated carbocycles. The van der Waals surface area contributed by atoms with Gasteiger partial charge >= 0.3 is 0 Å². The van der Waals surface area contributed by atoms with E-state index >= 15 is 0 Å². The molecule has 0 unspecified atom stereocenters. The number of fused-ring (bicyclic) bond motifs is 10. The standard InChI is InChI=1S/C54H51N5/c1-51(2,3)32-26-39-37-22-20-35(30-45(37)58-47(39)44(29-32)54(9,10)42-19-15-25-56-50(42)58)57(34-16-12-11-13-17-34)36-21-23-41-46(31-36)59-48-40(38-18-14-24-55-49(38)59)27-33(52(4,5)6)28-43(48)53(41,7)8/h11-31H,1-10H3. The monoisotopic (exact) mass is 769 g/mol. The molecule has 0 radical (unpaired) electrons. The molecule has 2 aliphatic heterocycles. The van der Waals surface area contributed by atoms with Gasteiger partial charge in [0.2, 0.25) is 0 Å². The van der Waals surface area contributed by atoms with E-state index < -0.39 is 0 Å². The van der Waals surface area contributed by atoms with Crippen LogP contribution in [-0.2, 0) is 21.7 Å². The maximum atomic E-state index is 5.10. The van der Waals surface area contributed by atoms with Crippen LogP contribution in [0.15, 0.2) is 128 Å². The van der Waals surface area contributed by atoms with E-state index in [1.54, 1.807) is 0 Å². The highest BCUT2D eigenvalue weighted by molar-refractivity contribution is 6.13. The lowest BCUT2D eigenvalue weighted by atomic mass is 9.72. The third-order valence-corrected chi connectivity index (χ3v) is 13.6. The summed E-state index contributed by atoms with van der Waals surface area (Å²) in [4.78, 5) is 12.6. The number of para-hydroxylation sites is 1. The van der Waals surface area contributed by atoms with Crippen molar-refractivity contribution in [1.82, 2.24) is 19.1 Å². The number of pyridine rings is 2. The van der Waals surface area contributed by atoms with Crippen molar-refractivity contribution in [1.29, 1.82) is 0 Å². The molecule has 0 N–H and O–H groups in total. The molecule has 59 heavy (non-hydrogen) atoms. The summed E-state index contributed by atoms with van der Waals surface area (Å²) in [5.74, 6) is 1.01. The summed E-state index contributed by atoms with van der Waals surface area (Å²) in [6.45, 7) is 23.4. The molecule has 5 heteroatoms. The number of aromatic nitrogens is 4. The average Bonchev–Trinajstić information content (AvgIpc) is 3.72. The van der Waals surface area contributed by atoms with Gasteiger partial charge in [0.1, 0.15) is 11.5 Å². The van der Waals surface area contributed by atoms with Gasteiger partial charge in [-0.1, -0.05) is 118 Å². The van der Waals surface area contributed by atoms with Crippen LogP contribution in [0.1, 0.15) is 103 Å². The van der Waals surface area contributed by atoms with Crippen molar-refractivity contribution in [2.75, 3.05) is 4.90 Å². The largest absolute Gasteiger partial charge is 0.310 e. The van der Waals surface area contributed by atoms with Gasteiger partial charge in [0.15, 0.2) is 0 Å². The van der Waals surface area contributed by atoms with E-state index in [1.165, 1.54) is 71.6 Å². The zero-order valence-corrected chi connectivity index (χ0v) is 35.9. The molecule has 0 atom stereocenters. The first kappa shape index (κ1) is 35.9. The van der Waals surface area contributed by atoms with Crippen molar-refractivity contribution in [3.05, 3.63) is 161 Å². The molecule has 0 bridgehead atoms. The predicted molar refractivity (Wildman–Crippen MR) is 247 cm³/mol. The first-order chi connectivity index (χ1) is 28.0. The minimum absolute atomic E-state index is 0.00297. The summed E-state index contributed by atoms with van der Waals surface area (Å²) in [6, 6.07) is 43.3. The first-order valence-corrected chi connectivity index (χ1v) is 21.1. The van der Waals surface area contributed by atoms with Gasteiger partial charge in [-0.2, -0.15) is 0 Å². The maximum Gasteiger partial charge on any atom is 0.145 e. The normalized spacial score (nSPS) is 15.2. The van der Waals surface area contributed by atoms with Crippen LogP contribution in [0.2, 0.25) is 0 Å². The van der Waals surface area contributed by atoms with Gasteiger partial charge in [-0.25, -0.2) is 9.97 Å². The number of rotatable bonds is 3. The van der Waals surface area contributed by atoms with Gasteiger partial charge in [-0.3, -0.25) is 9.13 Å². The minimum Gasteiger partial charge on any atom is -0.310 e. The summed E-state index contributed by atoms with van der Waals surface area (Å²) >= 11 is 0. The lowest BCUT2D eigenvalue weighted by Crippen LogP contribution is -2.28. The highest BCUT2D eigenvalue weighted by Gasteiger charge is 2.39. The summed E-state index contributed by atoms with van der Waals surface area (Å²) in [6.07, 6.45) is 3.87. The molecule has 0 aliphatic carbocycles. The lowest BCUT2D eigenvalue weighted by Gasteiger charge is -2.37. The van der Waals surface area contributed by atoms with E-state index in [4.69, 9.17) is 9.97 Å². The summed E-state index contributed by atoms with van der Waals surface area (Å²) in [5.41, 5.74) is 16.6. The Morgan fingerprint density at radius 2 is 1.07 bits per heavy atom. The van der Waals surface area contributed by atoms with Gasteiger partial charge in [-0.15, -0.1) is 0 Å². The Bertz CT molecular complexity index is 3230. The van der Waals surface area contributed by atoms with Crippen molar-refractivity contribution in [2.45, 2.75) is 90.9 Å². The Morgan fingerprint density at radius 1 is 0.475 bits per heavy atom. The SMILES string of the molecule is CC(C)(C)c1cc2c3c(c1)c1ccc(N(c4ccccc4)c4ccc5c(c4)-n4c6ncccc6c6cc(C(C)(C)C)cc(c64)C5(C)C)cc1n3-c1ncccc1C2(C)C. The third kappa shape index (κ3) is 4.91. The van der Waals surface area contributed by atoms with Crippen LogP contribution >= 0.6 is 0 Å². The molecular formula is C54H51N5. The van der Waals surface area contributed by atoms with E-state index in [0.29, 0.717) is 0 Å². The highest BCUT2D eigenvalue weighted by atomic mass is 15.2. The van der Waals surface area contributed by atoms with Gasteiger partial charge < -0.3 is 4.90 Å². The average molecular weight is 770 g/mol. The molecule has 292 valence electrons. The van der Waals surface area contributed by atoms with Crippen LogP contribution in [0, 0.1) is 0 Å².